The molecule has 0 atom stereocenters. The molecule has 0 radical (unpaired) electrons. The van der Waals surface area contributed by atoms with Gasteiger partial charge in [0.2, 0.25) is 0 Å². The van der Waals surface area contributed by atoms with E-state index < -0.39 is 5.97 Å². The Hall–Kier alpha value is -1.32. The molecule has 0 aromatic rings. The van der Waals surface area contributed by atoms with Crippen molar-refractivity contribution >= 4 is 11.7 Å². The molecule has 68 valence electrons. The number of rotatable bonds is 5. The fraction of sp³-hybridized carbons (Fsp3) is 0.500. The highest BCUT2D eigenvalue weighted by molar-refractivity contribution is 6.35. The lowest BCUT2D eigenvalue weighted by molar-refractivity contribution is -0.135. The summed E-state index contributed by atoms with van der Waals surface area (Å²) in [5.74, 6) is -0.457. The fourth-order valence-corrected chi connectivity index (χ4v) is 0.460. The maximum absolute atomic E-state index is 10.9. The minimum absolute atomic E-state index is 0.207. The average Bonchev–Trinajstić information content (AvgIpc) is 2.05. The molecule has 0 aromatic heterocycles. The molecule has 4 nitrogen and oxygen atoms in total. The van der Waals surface area contributed by atoms with E-state index in [2.05, 4.69) is 21.3 Å². The third kappa shape index (κ3) is 4.49. The first-order valence-corrected chi connectivity index (χ1v) is 3.67. The molecule has 0 aromatic carbocycles. The maximum Gasteiger partial charge on any atom is 0.355 e. The molecule has 0 aliphatic carbocycles. The zero-order chi connectivity index (χ0) is 9.40. The Morgan fingerprint density at radius 3 is 2.83 bits per heavy atom. The van der Waals surface area contributed by atoms with Crippen LogP contribution >= 0.6 is 0 Å². The van der Waals surface area contributed by atoms with Crippen LogP contribution in [0.4, 0.5) is 0 Å². The predicted octanol–water partition coefficient (Wildman–Crippen LogP) is 1.13. The lowest BCUT2D eigenvalue weighted by atomic mass is 10.4. The monoisotopic (exact) mass is 171 g/mol. The van der Waals surface area contributed by atoms with Crippen molar-refractivity contribution in [3.8, 4) is 0 Å². The minimum atomic E-state index is -0.457. The molecular formula is C8H13NO3. The van der Waals surface area contributed by atoms with Crippen LogP contribution in [0.3, 0.4) is 0 Å². The van der Waals surface area contributed by atoms with Crippen molar-refractivity contribution in [2.75, 3.05) is 13.2 Å². The third-order valence-corrected chi connectivity index (χ3v) is 0.965. The summed E-state index contributed by atoms with van der Waals surface area (Å²) in [4.78, 5) is 15.6. The van der Waals surface area contributed by atoms with Gasteiger partial charge in [0.15, 0.2) is 5.71 Å². The Balaban J connectivity index is 3.81. The van der Waals surface area contributed by atoms with Crippen LogP contribution in [0.1, 0.15) is 13.8 Å². The first kappa shape index (κ1) is 10.7. The van der Waals surface area contributed by atoms with Crippen molar-refractivity contribution in [1.29, 1.82) is 0 Å². The zero-order valence-corrected chi connectivity index (χ0v) is 7.37. The topological polar surface area (TPSA) is 47.9 Å². The second kappa shape index (κ2) is 6.39. The highest BCUT2D eigenvalue weighted by atomic mass is 16.6. The third-order valence-electron chi connectivity index (χ3n) is 0.965. The Kier molecular flexibility index (Phi) is 5.69. The molecule has 0 N–H and O–H groups in total. The van der Waals surface area contributed by atoms with Crippen molar-refractivity contribution in [2.24, 2.45) is 5.16 Å². The normalized spacial score (nSPS) is 10.7. The summed E-state index contributed by atoms with van der Waals surface area (Å²) in [5.41, 5.74) is 0.207. The van der Waals surface area contributed by atoms with Gasteiger partial charge in [0, 0.05) is 0 Å². The van der Waals surface area contributed by atoms with E-state index in [0.717, 1.165) is 0 Å². The van der Waals surface area contributed by atoms with Crippen LogP contribution in [0.25, 0.3) is 0 Å². The SMILES string of the molecule is C=CCO/N=C(/C)C(=O)OCC. The van der Waals surface area contributed by atoms with Crippen LogP contribution in [-0.4, -0.2) is 24.9 Å². The second-order valence-corrected chi connectivity index (χ2v) is 1.98. The lowest BCUT2D eigenvalue weighted by Gasteiger charge is -1.99. The van der Waals surface area contributed by atoms with E-state index in [4.69, 9.17) is 0 Å². The van der Waals surface area contributed by atoms with E-state index >= 15 is 0 Å². The molecule has 0 amide bonds. The highest BCUT2D eigenvalue weighted by Crippen LogP contribution is 1.86. The molecule has 0 aliphatic heterocycles. The largest absolute Gasteiger partial charge is 0.461 e. The van der Waals surface area contributed by atoms with Gasteiger partial charge in [-0.1, -0.05) is 17.8 Å². The Labute approximate surface area is 71.8 Å². The van der Waals surface area contributed by atoms with Gasteiger partial charge < -0.3 is 9.57 Å². The van der Waals surface area contributed by atoms with E-state index in [9.17, 15) is 4.79 Å². The van der Waals surface area contributed by atoms with Crippen molar-refractivity contribution in [2.45, 2.75) is 13.8 Å². The van der Waals surface area contributed by atoms with E-state index in [-0.39, 0.29) is 12.3 Å². The second-order valence-electron chi connectivity index (χ2n) is 1.98. The van der Waals surface area contributed by atoms with Crippen LogP contribution < -0.4 is 0 Å². The molecule has 0 fully saturated rings. The predicted molar refractivity (Wildman–Crippen MR) is 45.9 cm³/mol. The van der Waals surface area contributed by atoms with Crippen LogP contribution in [0, 0.1) is 0 Å². The summed E-state index contributed by atoms with van der Waals surface area (Å²) in [5, 5.41) is 3.50. The summed E-state index contributed by atoms with van der Waals surface area (Å²) < 4.78 is 4.66. The van der Waals surface area contributed by atoms with Crippen molar-refractivity contribution < 1.29 is 14.4 Å². The number of ether oxygens (including phenoxy) is 1. The summed E-state index contributed by atoms with van der Waals surface area (Å²) in [6, 6.07) is 0. The molecule has 0 unspecified atom stereocenters. The number of hydrogen-bond donors (Lipinski definition) is 0. The average molecular weight is 171 g/mol. The molecule has 0 saturated carbocycles. The highest BCUT2D eigenvalue weighted by Gasteiger charge is 2.05. The molecular weight excluding hydrogens is 158 g/mol. The first-order valence-electron chi connectivity index (χ1n) is 3.67. The Morgan fingerprint density at radius 2 is 2.33 bits per heavy atom. The molecule has 0 rings (SSSR count). The van der Waals surface area contributed by atoms with E-state index in [1.165, 1.54) is 6.92 Å². The quantitative estimate of drug-likeness (QED) is 0.205. The molecule has 0 bridgehead atoms. The summed E-state index contributed by atoms with van der Waals surface area (Å²) in [6.45, 7) is 7.32. The number of nitrogens with zero attached hydrogens (tertiary/aromatic N) is 1. The van der Waals surface area contributed by atoms with Crippen molar-refractivity contribution in [1.82, 2.24) is 0 Å². The number of carbonyl (C=O) groups is 1. The van der Waals surface area contributed by atoms with Gasteiger partial charge in [-0.05, 0) is 13.8 Å². The molecule has 0 heterocycles. The molecule has 4 heteroatoms. The summed E-state index contributed by atoms with van der Waals surface area (Å²) in [6.07, 6.45) is 1.54. The fourth-order valence-electron chi connectivity index (χ4n) is 0.460. The van der Waals surface area contributed by atoms with Crippen LogP contribution in [0.5, 0.6) is 0 Å². The smallest absolute Gasteiger partial charge is 0.355 e. The van der Waals surface area contributed by atoms with E-state index in [0.29, 0.717) is 6.61 Å². The van der Waals surface area contributed by atoms with Crippen molar-refractivity contribution in [3.05, 3.63) is 12.7 Å². The number of carbonyl (C=O) groups excluding carboxylic acids is 1. The van der Waals surface area contributed by atoms with Gasteiger partial charge in [0.25, 0.3) is 0 Å². The van der Waals surface area contributed by atoms with Gasteiger partial charge in [0.05, 0.1) is 6.61 Å². The molecule has 0 aliphatic rings. The molecule has 0 spiro atoms. The van der Waals surface area contributed by atoms with Crippen molar-refractivity contribution in [3.63, 3.8) is 0 Å². The van der Waals surface area contributed by atoms with Gasteiger partial charge in [0.1, 0.15) is 6.61 Å². The van der Waals surface area contributed by atoms with Gasteiger partial charge in [-0.2, -0.15) is 0 Å². The number of hydrogen-bond acceptors (Lipinski definition) is 4. The zero-order valence-electron chi connectivity index (χ0n) is 7.37. The number of oxime groups is 1. The van der Waals surface area contributed by atoms with Crippen LogP contribution in [0.15, 0.2) is 17.8 Å². The van der Waals surface area contributed by atoms with Crippen LogP contribution in [0.2, 0.25) is 0 Å². The summed E-state index contributed by atoms with van der Waals surface area (Å²) >= 11 is 0. The number of esters is 1. The van der Waals surface area contributed by atoms with Gasteiger partial charge >= 0.3 is 5.97 Å². The molecule has 12 heavy (non-hydrogen) atoms. The Morgan fingerprint density at radius 1 is 1.67 bits per heavy atom. The lowest BCUT2D eigenvalue weighted by Crippen LogP contribution is -2.14. The van der Waals surface area contributed by atoms with Gasteiger partial charge in [-0.3, -0.25) is 0 Å². The maximum atomic E-state index is 10.9. The van der Waals surface area contributed by atoms with Gasteiger partial charge in [-0.15, -0.1) is 0 Å². The Bertz CT molecular complexity index is 187. The standard InChI is InChI=1S/C8H13NO3/c1-4-6-12-9-7(3)8(10)11-5-2/h4H,1,5-6H2,2-3H3/b9-7-. The van der Waals surface area contributed by atoms with Gasteiger partial charge in [-0.25, -0.2) is 4.79 Å². The summed E-state index contributed by atoms with van der Waals surface area (Å²) in [7, 11) is 0. The van der Waals surface area contributed by atoms with E-state index in [1.54, 1.807) is 13.0 Å². The van der Waals surface area contributed by atoms with Crippen LogP contribution in [-0.2, 0) is 14.4 Å². The first-order chi connectivity index (χ1) is 5.72. The molecule has 0 saturated heterocycles. The van der Waals surface area contributed by atoms with E-state index in [1.807, 2.05) is 0 Å². The minimum Gasteiger partial charge on any atom is -0.461 e.